The second kappa shape index (κ2) is 10.3. The van der Waals surface area contributed by atoms with Gasteiger partial charge in [0.25, 0.3) is 17.5 Å². The molecule has 0 spiro atoms. The number of benzene rings is 2. The van der Waals surface area contributed by atoms with Gasteiger partial charge in [0.15, 0.2) is 6.61 Å². The van der Waals surface area contributed by atoms with Crippen molar-refractivity contribution in [2.24, 2.45) is 0 Å². The summed E-state index contributed by atoms with van der Waals surface area (Å²) < 4.78 is 10.5. The van der Waals surface area contributed by atoms with Crippen molar-refractivity contribution in [3.8, 4) is 0 Å². The van der Waals surface area contributed by atoms with Gasteiger partial charge in [0.1, 0.15) is 0 Å². The molecule has 2 N–H and O–H groups in total. The van der Waals surface area contributed by atoms with Crippen molar-refractivity contribution in [2.45, 2.75) is 18.9 Å². The van der Waals surface area contributed by atoms with Gasteiger partial charge >= 0.3 is 5.97 Å². The Hall–Kier alpha value is -3.99. The summed E-state index contributed by atoms with van der Waals surface area (Å²) in [5, 5.41) is 16.7. The second-order valence-electron chi connectivity index (χ2n) is 7.98. The highest BCUT2D eigenvalue weighted by molar-refractivity contribution is 6.05. The quantitative estimate of drug-likeness (QED) is 0.341. The Morgan fingerprint density at radius 3 is 2.53 bits per heavy atom. The summed E-state index contributed by atoms with van der Waals surface area (Å²) in [6.45, 7) is 1.32. The maximum absolute atomic E-state index is 12.8. The number of nitro groups is 1. The number of hydrogen-bond acceptors (Lipinski definition) is 8. The summed E-state index contributed by atoms with van der Waals surface area (Å²) >= 11 is 0. The highest BCUT2D eigenvalue weighted by atomic mass is 16.6. The lowest BCUT2D eigenvalue weighted by Crippen LogP contribution is -2.37. The van der Waals surface area contributed by atoms with Gasteiger partial charge in [0, 0.05) is 31.3 Å². The molecule has 1 saturated heterocycles. The zero-order valence-corrected chi connectivity index (χ0v) is 18.3. The minimum absolute atomic E-state index is 0.00638. The number of nitrogens with zero attached hydrogens (tertiary/aromatic N) is 2. The van der Waals surface area contributed by atoms with Crippen molar-refractivity contribution >= 4 is 34.8 Å². The molecule has 0 atom stereocenters. The summed E-state index contributed by atoms with van der Waals surface area (Å²) in [5.41, 5.74) is 0.812. The van der Waals surface area contributed by atoms with E-state index in [-0.39, 0.29) is 23.2 Å². The molecule has 2 fully saturated rings. The number of para-hydroxylation sites is 1. The molecule has 2 amide bonds. The maximum Gasteiger partial charge on any atom is 0.341 e. The molecule has 34 heavy (non-hydrogen) atoms. The Balaban J connectivity index is 1.43. The van der Waals surface area contributed by atoms with Crippen LogP contribution in [0.5, 0.6) is 0 Å². The van der Waals surface area contributed by atoms with Crippen LogP contribution in [-0.2, 0) is 14.3 Å². The monoisotopic (exact) mass is 468 g/mol. The molecule has 11 heteroatoms. The smallest absolute Gasteiger partial charge is 0.341 e. The largest absolute Gasteiger partial charge is 0.452 e. The van der Waals surface area contributed by atoms with Crippen LogP contribution in [0.15, 0.2) is 42.5 Å². The summed E-state index contributed by atoms with van der Waals surface area (Å²) in [7, 11) is 0. The Bertz CT molecular complexity index is 1110. The van der Waals surface area contributed by atoms with E-state index in [1.807, 2.05) is 4.90 Å². The maximum atomic E-state index is 12.8. The molecular weight excluding hydrogens is 444 g/mol. The number of ether oxygens (including phenoxy) is 2. The predicted octanol–water partition coefficient (Wildman–Crippen LogP) is 2.12. The highest BCUT2D eigenvalue weighted by Gasteiger charge is 2.26. The van der Waals surface area contributed by atoms with Gasteiger partial charge in [0.2, 0.25) is 0 Å². The topological polar surface area (TPSA) is 140 Å². The van der Waals surface area contributed by atoms with E-state index < -0.39 is 23.4 Å². The zero-order valence-electron chi connectivity index (χ0n) is 18.3. The van der Waals surface area contributed by atoms with Gasteiger partial charge < -0.3 is 25.0 Å². The predicted molar refractivity (Wildman–Crippen MR) is 122 cm³/mol. The Morgan fingerprint density at radius 1 is 1.09 bits per heavy atom. The fourth-order valence-corrected chi connectivity index (χ4v) is 3.56. The summed E-state index contributed by atoms with van der Waals surface area (Å²) in [6, 6.07) is 10.7. The number of amides is 2. The number of esters is 1. The molecule has 1 saturated carbocycles. The van der Waals surface area contributed by atoms with E-state index in [4.69, 9.17) is 9.47 Å². The molecule has 2 aromatic carbocycles. The number of morpholine rings is 1. The van der Waals surface area contributed by atoms with Crippen molar-refractivity contribution in [3.05, 3.63) is 63.7 Å². The first-order chi connectivity index (χ1) is 16.4. The molecule has 2 aromatic rings. The normalized spacial score (nSPS) is 15.4. The van der Waals surface area contributed by atoms with Crippen LogP contribution in [-0.4, -0.2) is 61.7 Å². The van der Waals surface area contributed by atoms with Crippen molar-refractivity contribution in [3.63, 3.8) is 0 Å². The van der Waals surface area contributed by atoms with E-state index in [0.29, 0.717) is 43.2 Å². The van der Waals surface area contributed by atoms with Crippen LogP contribution < -0.4 is 15.5 Å². The van der Waals surface area contributed by atoms with Gasteiger partial charge in [-0.25, -0.2) is 4.79 Å². The molecular formula is C23H24N4O7. The molecule has 1 heterocycles. The lowest BCUT2D eigenvalue weighted by atomic mass is 10.1. The molecule has 1 aliphatic heterocycles. The van der Waals surface area contributed by atoms with Crippen LogP contribution in [0, 0.1) is 10.1 Å². The summed E-state index contributed by atoms with van der Waals surface area (Å²) in [4.78, 5) is 50.2. The molecule has 0 unspecified atom stereocenters. The van der Waals surface area contributed by atoms with Crippen molar-refractivity contribution < 1.29 is 28.8 Å². The third kappa shape index (κ3) is 5.67. The van der Waals surface area contributed by atoms with Crippen LogP contribution in [0.25, 0.3) is 0 Å². The van der Waals surface area contributed by atoms with E-state index in [9.17, 15) is 24.5 Å². The average molecular weight is 468 g/mol. The summed E-state index contributed by atoms with van der Waals surface area (Å²) in [5.74, 6) is -1.79. The molecule has 178 valence electrons. The third-order valence-electron chi connectivity index (χ3n) is 5.46. The molecule has 11 nitrogen and oxygen atoms in total. The lowest BCUT2D eigenvalue weighted by molar-refractivity contribution is -0.384. The van der Waals surface area contributed by atoms with Gasteiger partial charge in [0.05, 0.1) is 40.6 Å². The standard InChI is InChI=1S/C23H24N4O7/c28-21(25-19-4-2-1-3-17(19)22(29)24-15-5-6-15)14-34-23(30)18-13-16(27(31)32)7-8-20(18)26-9-11-33-12-10-26/h1-4,7-8,13,15H,5-6,9-12,14H2,(H,24,29)(H,25,28). The van der Waals surface area contributed by atoms with Gasteiger partial charge in [-0.2, -0.15) is 0 Å². The number of carbonyl (C=O) groups is 3. The van der Waals surface area contributed by atoms with Gasteiger partial charge in [-0.05, 0) is 31.0 Å². The van der Waals surface area contributed by atoms with E-state index in [0.717, 1.165) is 18.9 Å². The number of hydrogen-bond donors (Lipinski definition) is 2. The van der Waals surface area contributed by atoms with E-state index in [1.165, 1.54) is 12.1 Å². The highest BCUT2D eigenvalue weighted by Crippen LogP contribution is 2.27. The number of nitro benzene ring substituents is 1. The third-order valence-corrected chi connectivity index (χ3v) is 5.46. The van der Waals surface area contributed by atoms with E-state index in [2.05, 4.69) is 10.6 Å². The van der Waals surface area contributed by atoms with Crippen LogP contribution in [0.1, 0.15) is 33.6 Å². The van der Waals surface area contributed by atoms with Crippen molar-refractivity contribution in [1.29, 1.82) is 0 Å². The summed E-state index contributed by atoms with van der Waals surface area (Å²) in [6.07, 6.45) is 1.86. The molecule has 0 aromatic heterocycles. The van der Waals surface area contributed by atoms with Crippen molar-refractivity contribution in [1.82, 2.24) is 5.32 Å². The van der Waals surface area contributed by atoms with Crippen LogP contribution >= 0.6 is 0 Å². The zero-order chi connectivity index (χ0) is 24.1. The molecule has 1 aliphatic carbocycles. The number of anilines is 2. The fourth-order valence-electron chi connectivity index (χ4n) is 3.56. The fraction of sp³-hybridized carbons (Fsp3) is 0.348. The van der Waals surface area contributed by atoms with E-state index >= 15 is 0 Å². The SMILES string of the molecule is O=C(COC(=O)c1cc([N+](=O)[O-])ccc1N1CCOCC1)Nc1ccccc1C(=O)NC1CC1. The van der Waals surface area contributed by atoms with Crippen molar-refractivity contribution in [2.75, 3.05) is 43.1 Å². The first kappa shape index (κ1) is 23.2. The molecule has 0 bridgehead atoms. The molecule has 2 aliphatic rings. The molecule has 4 rings (SSSR count). The number of nitrogens with one attached hydrogen (secondary N) is 2. The Labute approximate surface area is 195 Å². The Kier molecular flexibility index (Phi) is 7.02. The average Bonchev–Trinajstić information content (AvgIpc) is 3.67. The van der Waals surface area contributed by atoms with Crippen LogP contribution in [0.4, 0.5) is 17.1 Å². The number of non-ortho nitro benzene ring substituents is 1. The van der Waals surface area contributed by atoms with E-state index in [1.54, 1.807) is 24.3 Å². The van der Waals surface area contributed by atoms with Crippen LogP contribution in [0.2, 0.25) is 0 Å². The van der Waals surface area contributed by atoms with Gasteiger partial charge in [-0.3, -0.25) is 19.7 Å². The van der Waals surface area contributed by atoms with Crippen LogP contribution in [0.3, 0.4) is 0 Å². The second-order valence-corrected chi connectivity index (χ2v) is 7.98. The van der Waals surface area contributed by atoms with Gasteiger partial charge in [-0.1, -0.05) is 12.1 Å². The lowest BCUT2D eigenvalue weighted by Gasteiger charge is -2.30. The minimum Gasteiger partial charge on any atom is -0.452 e. The number of rotatable bonds is 8. The number of carbonyl (C=O) groups excluding carboxylic acids is 3. The molecule has 0 radical (unpaired) electrons. The van der Waals surface area contributed by atoms with Gasteiger partial charge in [-0.15, -0.1) is 0 Å². The first-order valence-corrected chi connectivity index (χ1v) is 10.9. The minimum atomic E-state index is -0.861. The Morgan fingerprint density at radius 2 is 1.82 bits per heavy atom. The first-order valence-electron chi connectivity index (χ1n) is 10.9.